The molecule has 3 heteroatoms. The minimum absolute atomic E-state index is 0.103. The maximum atomic E-state index is 11.1. The Morgan fingerprint density at radius 3 is 2.69 bits per heavy atom. The van der Waals surface area contributed by atoms with E-state index in [0.717, 1.165) is 19.3 Å². The first kappa shape index (κ1) is 13.2. The quantitative estimate of drug-likeness (QED) is 0.558. The Kier molecular flexibility index (Phi) is 5.53. The average Bonchev–Trinajstić information content (AvgIpc) is 2.78. The maximum Gasteiger partial charge on any atom is 0.308 e. The van der Waals surface area contributed by atoms with Gasteiger partial charge in [0.25, 0.3) is 0 Å². The molecule has 1 aliphatic rings. The van der Waals surface area contributed by atoms with Crippen molar-refractivity contribution in [1.29, 1.82) is 0 Å². The Balaban J connectivity index is 2.53. The van der Waals surface area contributed by atoms with Gasteiger partial charge in [-0.05, 0) is 18.3 Å². The molecule has 3 nitrogen and oxygen atoms in total. The number of hydrogen-bond donors (Lipinski definition) is 1. The number of carbonyl (C=O) groups is 1. The molecule has 2 atom stereocenters. The van der Waals surface area contributed by atoms with Crippen molar-refractivity contribution in [3.05, 3.63) is 12.7 Å². The molecule has 0 aromatic carbocycles. The largest absolute Gasteiger partial charge is 0.469 e. The molecule has 0 aliphatic heterocycles. The summed E-state index contributed by atoms with van der Waals surface area (Å²) < 4.78 is 4.59. The van der Waals surface area contributed by atoms with Crippen molar-refractivity contribution in [2.24, 2.45) is 11.8 Å². The van der Waals surface area contributed by atoms with Crippen molar-refractivity contribution >= 4 is 5.97 Å². The van der Waals surface area contributed by atoms with Crippen LogP contribution in [-0.4, -0.2) is 24.3 Å². The molecule has 16 heavy (non-hydrogen) atoms. The lowest BCUT2D eigenvalue weighted by atomic mass is 9.82. The van der Waals surface area contributed by atoms with Crippen LogP contribution in [0.2, 0.25) is 0 Å². The fourth-order valence-electron chi connectivity index (χ4n) is 2.65. The van der Waals surface area contributed by atoms with Gasteiger partial charge in [-0.15, -0.1) is 6.58 Å². The number of esters is 1. The van der Waals surface area contributed by atoms with Gasteiger partial charge in [0.1, 0.15) is 0 Å². The molecule has 0 aromatic rings. The van der Waals surface area contributed by atoms with Gasteiger partial charge in [-0.25, -0.2) is 0 Å². The van der Waals surface area contributed by atoms with Crippen LogP contribution in [0.1, 0.15) is 38.5 Å². The van der Waals surface area contributed by atoms with Gasteiger partial charge in [0.15, 0.2) is 0 Å². The van der Waals surface area contributed by atoms with E-state index in [2.05, 4.69) is 11.3 Å². The summed E-state index contributed by atoms with van der Waals surface area (Å²) in [5, 5.41) is 10.1. The average molecular weight is 226 g/mol. The van der Waals surface area contributed by atoms with Crippen molar-refractivity contribution in [2.45, 2.75) is 44.6 Å². The summed E-state index contributed by atoms with van der Waals surface area (Å²) in [5.74, 6) is 0.372. The highest BCUT2D eigenvalue weighted by molar-refractivity contribution is 5.69. The Bertz CT molecular complexity index is 231. The summed E-state index contributed by atoms with van der Waals surface area (Å²) in [6.45, 7) is 3.73. The van der Waals surface area contributed by atoms with Gasteiger partial charge in [0, 0.05) is 0 Å². The first-order valence-corrected chi connectivity index (χ1v) is 6.04. The van der Waals surface area contributed by atoms with E-state index in [1.807, 2.05) is 6.08 Å². The summed E-state index contributed by atoms with van der Waals surface area (Å²) in [6.07, 6.45) is 6.94. The van der Waals surface area contributed by atoms with Crippen LogP contribution in [-0.2, 0) is 9.53 Å². The molecule has 0 spiro atoms. The van der Waals surface area contributed by atoms with Crippen LogP contribution in [0.3, 0.4) is 0 Å². The van der Waals surface area contributed by atoms with Gasteiger partial charge in [-0.2, -0.15) is 0 Å². The van der Waals surface area contributed by atoms with Gasteiger partial charge in [0.2, 0.25) is 0 Å². The molecule has 0 amide bonds. The Morgan fingerprint density at radius 1 is 1.56 bits per heavy atom. The lowest BCUT2D eigenvalue weighted by Gasteiger charge is -2.26. The van der Waals surface area contributed by atoms with E-state index in [-0.39, 0.29) is 18.3 Å². The van der Waals surface area contributed by atoms with Gasteiger partial charge in [-0.3, -0.25) is 4.79 Å². The lowest BCUT2D eigenvalue weighted by molar-refractivity contribution is -0.143. The number of methoxy groups -OCH3 is 1. The molecule has 1 aliphatic carbocycles. The predicted octanol–water partition coefficient (Wildman–Crippen LogP) is 2.29. The molecule has 0 saturated heterocycles. The normalized spacial score (nSPS) is 20.4. The second-order valence-electron chi connectivity index (χ2n) is 4.58. The van der Waals surface area contributed by atoms with Crippen molar-refractivity contribution in [3.8, 4) is 0 Å². The van der Waals surface area contributed by atoms with Crippen molar-refractivity contribution in [1.82, 2.24) is 0 Å². The van der Waals surface area contributed by atoms with Crippen molar-refractivity contribution in [2.75, 3.05) is 7.11 Å². The molecular formula is C13H22O3. The van der Waals surface area contributed by atoms with Crippen LogP contribution in [0, 0.1) is 11.8 Å². The first-order chi connectivity index (χ1) is 7.69. The minimum Gasteiger partial charge on any atom is -0.469 e. The van der Waals surface area contributed by atoms with Gasteiger partial charge in [-0.1, -0.05) is 31.8 Å². The van der Waals surface area contributed by atoms with E-state index in [9.17, 15) is 9.90 Å². The van der Waals surface area contributed by atoms with E-state index < -0.39 is 6.10 Å². The summed E-state index contributed by atoms with van der Waals surface area (Å²) >= 11 is 0. The molecule has 0 heterocycles. The van der Waals surface area contributed by atoms with Crippen LogP contribution in [0.15, 0.2) is 12.7 Å². The predicted molar refractivity (Wildman–Crippen MR) is 62.9 cm³/mol. The van der Waals surface area contributed by atoms with Crippen LogP contribution < -0.4 is 0 Å². The van der Waals surface area contributed by atoms with Crippen LogP contribution in [0.25, 0.3) is 0 Å². The smallest absolute Gasteiger partial charge is 0.308 e. The van der Waals surface area contributed by atoms with E-state index in [0.29, 0.717) is 5.92 Å². The van der Waals surface area contributed by atoms with E-state index >= 15 is 0 Å². The molecular weight excluding hydrogens is 204 g/mol. The number of aliphatic hydroxyl groups is 1. The second-order valence-corrected chi connectivity index (χ2v) is 4.58. The number of ether oxygens (including phenoxy) is 1. The molecule has 0 radical (unpaired) electrons. The van der Waals surface area contributed by atoms with Crippen LogP contribution >= 0.6 is 0 Å². The molecule has 2 unspecified atom stereocenters. The molecule has 1 rings (SSSR count). The molecule has 92 valence electrons. The standard InChI is InChI=1S/C13H22O3/c1-3-6-11(10-7-4-5-8-10)12(14)9-13(15)16-2/h3,10-12,14H,1,4-9H2,2H3. The van der Waals surface area contributed by atoms with Crippen LogP contribution in [0.4, 0.5) is 0 Å². The van der Waals surface area contributed by atoms with E-state index in [4.69, 9.17) is 0 Å². The van der Waals surface area contributed by atoms with Gasteiger partial charge in [0.05, 0.1) is 19.6 Å². The first-order valence-electron chi connectivity index (χ1n) is 6.04. The number of aliphatic hydroxyl groups excluding tert-OH is 1. The fourth-order valence-corrected chi connectivity index (χ4v) is 2.65. The number of allylic oxidation sites excluding steroid dienone is 1. The van der Waals surface area contributed by atoms with Crippen molar-refractivity contribution in [3.63, 3.8) is 0 Å². The van der Waals surface area contributed by atoms with Crippen LogP contribution in [0.5, 0.6) is 0 Å². The summed E-state index contributed by atoms with van der Waals surface area (Å²) in [4.78, 5) is 11.1. The topological polar surface area (TPSA) is 46.5 Å². The molecule has 1 N–H and O–H groups in total. The third kappa shape index (κ3) is 3.63. The van der Waals surface area contributed by atoms with Gasteiger partial charge < -0.3 is 9.84 Å². The Labute approximate surface area is 97.5 Å². The summed E-state index contributed by atoms with van der Waals surface area (Å²) in [6, 6.07) is 0. The third-order valence-electron chi connectivity index (χ3n) is 3.54. The molecule has 1 saturated carbocycles. The number of carbonyl (C=O) groups excluding carboxylic acids is 1. The zero-order valence-electron chi connectivity index (χ0n) is 10.0. The molecule has 0 bridgehead atoms. The Hall–Kier alpha value is -0.830. The summed E-state index contributed by atoms with van der Waals surface area (Å²) in [7, 11) is 1.35. The highest BCUT2D eigenvalue weighted by Gasteiger charge is 2.30. The second kappa shape index (κ2) is 6.69. The van der Waals surface area contributed by atoms with E-state index in [1.54, 1.807) is 0 Å². The highest BCUT2D eigenvalue weighted by Crippen LogP contribution is 2.35. The highest BCUT2D eigenvalue weighted by atomic mass is 16.5. The van der Waals surface area contributed by atoms with Crippen molar-refractivity contribution < 1.29 is 14.6 Å². The lowest BCUT2D eigenvalue weighted by Crippen LogP contribution is -2.29. The molecule has 1 fully saturated rings. The third-order valence-corrected chi connectivity index (χ3v) is 3.54. The SMILES string of the molecule is C=CCC(C(O)CC(=O)OC)C1CCCC1. The zero-order valence-corrected chi connectivity index (χ0v) is 10.0. The monoisotopic (exact) mass is 226 g/mol. The van der Waals surface area contributed by atoms with Gasteiger partial charge >= 0.3 is 5.97 Å². The molecule has 0 aromatic heterocycles. The summed E-state index contributed by atoms with van der Waals surface area (Å²) in [5.41, 5.74) is 0. The fraction of sp³-hybridized carbons (Fsp3) is 0.769. The number of hydrogen-bond acceptors (Lipinski definition) is 3. The zero-order chi connectivity index (χ0) is 12.0. The Morgan fingerprint density at radius 2 is 2.19 bits per heavy atom. The minimum atomic E-state index is -0.589. The number of rotatable bonds is 6. The van der Waals surface area contributed by atoms with E-state index in [1.165, 1.54) is 20.0 Å². The maximum absolute atomic E-state index is 11.1.